The lowest BCUT2D eigenvalue weighted by Gasteiger charge is -2.32. The molecule has 7 atom stereocenters. The molecule has 3 heterocycles. The van der Waals surface area contributed by atoms with Crippen molar-refractivity contribution in [1.82, 2.24) is 25.2 Å². The third kappa shape index (κ3) is 7.84. The second-order valence-electron chi connectivity index (χ2n) is 16.4. The van der Waals surface area contributed by atoms with Crippen molar-refractivity contribution in [2.45, 2.75) is 125 Å². The lowest BCUT2D eigenvalue weighted by atomic mass is 9.96. The van der Waals surface area contributed by atoms with Crippen molar-refractivity contribution in [3.05, 3.63) is 54.8 Å². The van der Waals surface area contributed by atoms with E-state index < -0.39 is 68.7 Å². The van der Waals surface area contributed by atoms with Gasteiger partial charge in [0.1, 0.15) is 41.3 Å². The Morgan fingerprint density at radius 3 is 2.51 bits per heavy atom. The van der Waals surface area contributed by atoms with Gasteiger partial charge < -0.3 is 25.0 Å². The number of para-hydroxylation sites is 1. The summed E-state index contributed by atoms with van der Waals surface area (Å²) in [6.45, 7) is 3.85. The summed E-state index contributed by atoms with van der Waals surface area (Å²) >= 11 is 0. The minimum atomic E-state index is -3.88. The zero-order chi connectivity index (χ0) is 38.3. The molecule has 13 nitrogen and oxygen atoms in total. The lowest BCUT2D eigenvalue weighted by molar-refractivity contribution is -0.142. The lowest BCUT2D eigenvalue weighted by Crippen LogP contribution is -2.59. The number of amides is 4. The SMILES string of the molecule is C=CC1C[C@]1(NC(=O)[C@@H]1C[C@@H]2CN1C(=O)[C@H](C1CCCC1)NC(=O)O[C@@H]1CCC[C@H]1CCC/C=C/c1nc3ccccc3cc1O2)C(=O)NS(=O)(=O)C1CC1. The first-order chi connectivity index (χ1) is 26.5. The molecule has 55 heavy (non-hydrogen) atoms. The van der Waals surface area contributed by atoms with Gasteiger partial charge in [0, 0.05) is 17.7 Å². The zero-order valence-corrected chi connectivity index (χ0v) is 31.9. The molecular formula is C41H51N5O8S. The van der Waals surface area contributed by atoms with Gasteiger partial charge in [-0.2, -0.15) is 0 Å². The van der Waals surface area contributed by atoms with Crippen LogP contribution in [0.25, 0.3) is 17.0 Å². The Kier molecular flexibility index (Phi) is 10.4. The number of aromatic nitrogens is 1. The Labute approximate surface area is 322 Å². The molecule has 6 aliphatic rings. The predicted octanol–water partition coefficient (Wildman–Crippen LogP) is 4.90. The van der Waals surface area contributed by atoms with Crippen LogP contribution in [0.3, 0.4) is 0 Å². The van der Waals surface area contributed by atoms with Crippen molar-refractivity contribution in [2.75, 3.05) is 6.54 Å². The molecule has 14 heteroatoms. The summed E-state index contributed by atoms with van der Waals surface area (Å²) < 4.78 is 40.4. The number of hydrogen-bond donors (Lipinski definition) is 3. The van der Waals surface area contributed by atoms with Gasteiger partial charge in [-0.1, -0.05) is 43.2 Å². The van der Waals surface area contributed by atoms with Crippen molar-refractivity contribution in [1.29, 1.82) is 0 Å². The van der Waals surface area contributed by atoms with Crippen LogP contribution in [0, 0.1) is 17.8 Å². The van der Waals surface area contributed by atoms with Crippen LogP contribution in [0.4, 0.5) is 4.79 Å². The number of fused-ring (bicyclic) bond motifs is 5. The van der Waals surface area contributed by atoms with E-state index in [4.69, 9.17) is 14.5 Å². The second kappa shape index (κ2) is 15.2. The highest BCUT2D eigenvalue weighted by Crippen LogP contribution is 2.46. The van der Waals surface area contributed by atoms with Crippen LogP contribution in [-0.2, 0) is 29.1 Å². The Balaban J connectivity index is 1.13. The molecule has 1 aromatic heterocycles. The average Bonchev–Trinajstić information content (AvgIpc) is 3.95. The molecule has 8 rings (SSSR count). The van der Waals surface area contributed by atoms with Gasteiger partial charge in [0.15, 0.2) is 0 Å². The number of carbonyl (C=O) groups excluding carboxylic acids is 4. The highest BCUT2D eigenvalue weighted by molar-refractivity contribution is 7.91. The van der Waals surface area contributed by atoms with Crippen molar-refractivity contribution in [2.24, 2.45) is 17.8 Å². The summed E-state index contributed by atoms with van der Waals surface area (Å²) in [6.07, 6.45) is 14.0. The highest BCUT2D eigenvalue weighted by Gasteiger charge is 2.62. The average molecular weight is 774 g/mol. The van der Waals surface area contributed by atoms with Crippen LogP contribution in [0.15, 0.2) is 49.1 Å². The van der Waals surface area contributed by atoms with Crippen molar-refractivity contribution in [3.8, 4) is 5.75 Å². The summed E-state index contributed by atoms with van der Waals surface area (Å²) in [5, 5.41) is 6.07. The number of alkyl carbamates (subject to hydrolysis) is 1. The fourth-order valence-corrected chi connectivity index (χ4v) is 10.6. The third-order valence-corrected chi connectivity index (χ3v) is 14.4. The number of rotatable bonds is 7. The number of allylic oxidation sites excluding steroid dienone is 1. The molecule has 0 spiro atoms. The molecule has 0 radical (unpaired) electrons. The number of pyridine rings is 1. The van der Waals surface area contributed by atoms with E-state index in [0.29, 0.717) is 24.3 Å². The first-order valence-corrected chi connectivity index (χ1v) is 21.6. The van der Waals surface area contributed by atoms with Crippen LogP contribution in [0.2, 0.25) is 0 Å². The fraction of sp³-hybridized carbons (Fsp3) is 0.585. The number of ether oxygens (including phenoxy) is 2. The molecule has 4 aliphatic carbocycles. The van der Waals surface area contributed by atoms with Gasteiger partial charge >= 0.3 is 6.09 Å². The van der Waals surface area contributed by atoms with Gasteiger partial charge in [-0.05, 0) is 101 Å². The molecular weight excluding hydrogens is 723 g/mol. The van der Waals surface area contributed by atoms with Crippen molar-refractivity contribution in [3.63, 3.8) is 0 Å². The summed E-state index contributed by atoms with van der Waals surface area (Å²) in [6, 6.07) is 7.69. The Morgan fingerprint density at radius 1 is 0.982 bits per heavy atom. The smallest absolute Gasteiger partial charge is 0.408 e. The van der Waals surface area contributed by atoms with Gasteiger partial charge in [0.25, 0.3) is 5.91 Å². The molecule has 4 amide bonds. The van der Waals surface area contributed by atoms with E-state index in [0.717, 1.165) is 75.1 Å². The van der Waals surface area contributed by atoms with E-state index in [-0.39, 0.29) is 37.3 Å². The van der Waals surface area contributed by atoms with E-state index in [1.165, 1.54) is 11.0 Å². The van der Waals surface area contributed by atoms with Crippen LogP contribution >= 0.6 is 0 Å². The first kappa shape index (κ1) is 37.5. The van der Waals surface area contributed by atoms with Gasteiger partial charge in [0.2, 0.25) is 21.8 Å². The van der Waals surface area contributed by atoms with Crippen LogP contribution in [0.5, 0.6) is 5.75 Å². The van der Waals surface area contributed by atoms with E-state index in [9.17, 15) is 27.6 Å². The van der Waals surface area contributed by atoms with E-state index in [1.54, 1.807) is 0 Å². The Hall–Kier alpha value is -4.46. The maximum absolute atomic E-state index is 14.8. The number of nitrogens with zero attached hydrogens (tertiary/aromatic N) is 2. The summed E-state index contributed by atoms with van der Waals surface area (Å²) in [4.78, 5) is 62.8. The summed E-state index contributed by atoms with van der Waals surface area (Å²) in [5.74, 6) is -1.71. The molecule has 1 aromatic carbocycles. The fourth-order valence-electron chi connectivity index (χ4n) is 9.23. The third-order valence-electron chi connectivity index (χ3n) is 12.6. The first-order valence-electron chi connectivity index (χ1n) is 20.1. The van der Waals surface area contributed by atoms with Crippen LogP contribution in [-0.4, -0.2) is 83.7 Å². The Morgan fingerprint density at radius 2 is 1.75 bits per heavy atom. The number of nitrogens with one attached hydrogen (secondary N) is 3. The molecule has 1 unspecified atom stereocenters. The van der Waals surface area contributed by atoms with E-state index in [2.05, 4.69) is 28.0 Å². The molecule has 3 N–H and O–H groups in total. The van der Waals surface area contributed by atoms with Crippen LogP contribution < -0.4 is 20.1 Å². The van der Waals surface area contributed by atoms with Gasteiger partial charge in [-0.3, -0.25) is 19.1 Å². The second-order valence-corrected chi connectivity index (χ2v) is 18.3. The topological polar surface area (TPSA) is 173 Å². The van der Waals surface area contributed by atoms with Gasteiger partial charge in [-0.15, -0.1) is 6.58 Å². The molecule has 2 aliphatic heterocycles. The number of sulfonamides is 1. The largest absolute Gasteiger partial charge is 0.486 e. The van der Waals surface area contributed by atoms with Crippen LogP contribution in [0.1, 0.15) is 95.6 Å². The van der Waals surface area contributed by atoms with E-state index >= 15 is 0 Å². The molecule has 2 bridgehead atoms. The zero-order valence-electron chi connectivity index (χ0n) is 31.1. The maximum atomic E-state index is 14.8. The Bertz CT molecular complexity index is 1990. The van der Waals surface area contributed by atoms with E-state index in [1.807, 2.05) is 36.4 Å². The molecule has 5 fully saturated rings. The monoisotopic (exact) mass is 773 g/mol. The minimum Gasteiger partial charge on any atom is -0.486 e. The van der Waals surface area contributed by atoms with Crippen molar-refractivity contribution < 1.29 is 37.1 Å². The maximum Gasteiger partial charge on any atom is 0.408 e. The molecule has 1 saturated heterocycles. The number of carbonyl (C=O) groups is 4. The minimum absolute atomic E-state index is 0.0394. The van der Waals surface area contributed by atoms with Gasteiger partial charge in [0.05, 0.1) is 17.3 Å². The molecule has 4 saturated carbocycles. The standard InChI is InChI=1S/C41H51N5O8S/c1-2-28-23-41(28,39(49)45-55(51,52)30-19-20-30)44-37(47)33-22-29-24-46(33)38(48)36(26-12-6-7-13-26)43-40(50)54-34-18-10-15-25(34)11-4-3-5-17-32-35(53-29)21-27-14-8-9-16-31(27)42-32/h2,5,8-9,14,16-17,21,25-26,28-30,33-34,36H,1,3-4,6-7,10-13,15,18-20,22-24H2,(H,43,50)(H,44,47)(H,45,49)/b17-5+/t25-,28?,29-,33+,34-,36+,41-/m1/s1. The number of hydrogen-bond acceptors (Lipinski definition) is 9. The van der Waals surface area contributed by atoms with Gasteiger partial charge in [-0.25, -0.2) is 18.2 Å². The molecule has 294 valence electrons. The normalized spacial score (nSPS) is 32.2. The van der Waals surface area contributed by atoms with Crippen molar-refractivity contribution >= 4 is 50.8 Å². The molecule has 2 aromatic rings. The summed E-state index contributed by atoms with van der Waals surface area (Å²) in [7, 11) is -3.88. The quantitative estimate of drug-likeness (QED) is 0.331. The summed E-state index contributed by atoms with van der Waals surface area (Å²) in [5.41, 5.74) is -0.0687. The highest BCUT2D eigenvalue weighted by atomic mass is 32.2. The number of benzene rings is 1. The predicted molar refractivity (Wildman–Crippen MR) is 205 cm³/mol.